The predicted molar refractivity (Wildman–Crippen MR) is 49.6 cm³/mol. The normalized spacial score (nSPS) is 13.6. The zero-order chi connectivity index (χ0) is 13.2. The third-order valence-electron chi connectivity index (χ3n) is 1.58. The van der Waals surface area contributed by atoms with Gasteiger partial charge in [0.1, 0.15) is 5.69 Å². The fourth-order valence-electron chi connectivity index (χ4n) is 0.921. The Bertz CT molecular complexity index is 472. The standard InChI is InChI=1S/C8H8N2O4/c1-9-6-3-2-5(8(11)12)4-7(6)10(13)14/h2-4,9H,1H3,(H,11,12)/i1D3. The van der Waals surface area contributed by atoms with Gasteiger partial charge in [-0.15, -0.1) is 0 Å². The van der Waals surface area contributed by atoms with Gasteiger partial charge in [0.05, 0.1) is 10.5 Å². The van der Waals surface area contributed by atoms with Crippen LogP contribution in [0.25, 0.3) is 0 Å². The van der Waals surface area contributed by atoms with E-state index in [1.807, 2.05) is 5.32 Å². The molecule has 14 heavy (non-hydrogen) atoms. The highest BCUT2D eigenvalue weighted by molar-refractivity contribution is 5.89. The van der Waals surface area contributed by atoms with Crippen molar-refractivity contribution in [3.8, 4) is 0 Å². The molecule has 1 rings (SSSR count). The molecule has 0 unspecified atom stereocenters. The van der Waals surface area contributed by atoms with Crippen LogP contribution in [0.4, 0.5) is 11.4 Å². The molecule has 0 saturated carbocycles. The Kier molecular flexibility index (Phi) is 1.70. The molecule has 1 aromatic carbocycles. The lowest BCUT2D eigenvalue weighted by Crippen LogP contribution is -2.01. The summed E-state index contributed by atoms with van der Waals surface area (Å²) >= 11 is 0. The van der Waals surface area contributed by atoms with Crippen LogP contribution in [0.3, 0.4) is 0 Å². The second-order valence-electron chi connectivity index (χ2n) is 2.42. The molecule has 0 aliphatic carbocycles. The van der Waals surface area contributed by atoms with Crippen LogP contribution in [0, 0.1) is 10.1 Å². The molecule has 0 heterocycles. The maximum atomic E-state index is 10.7. The molecule has 0 saturated heterocycles. The maximum Gasteiger partial charge on any atom is 0.335 e. The highest BCUT2D eigenvalue weighted by Crippen LogP contribution is 2.24. The second-order valence-corrected chi connectivity index (χ2v) is 2.42. The molecule has 0 spiro atoms. The number of aromatic carboxylic acids is 1. The molecule has 6 heteroatoms. The molecule has 0 radical (unpaired) electrons. The predicted octanol–water partition coefficient (Wildman–Crippen LogP) is 1.33. The number of carboxylic acid groups (broad SMARTS) is 1. The molecule has 0 amide bonds. The summed E-state index contributed by atoms with van der Waals surface area (Å²) in [5, 5.41) is 21.3. The molecule has 0 aliphatic rings. The summed E-state index contributed by atoms with van der Waals surface area (Å²) in [6, 6.07) is 2.94. The summed E-state index contributed by atoms with van der Waals surface area (Å²) in [5.41, 5.74) is -1.13. The fourth-order valence-corrected chi connectivity index (χ4v) is 0.921. The molecule has 6 nitrogen and oxygen atoms in total. The molecule has 2 N–H and O–H groups in total. The lowest BCUT2D eigenvalue weighted by molar-refractivity contribution is -0.384. The number of hydrogen-bond donors (Lipinski definition) is 2. The minimum atomic E-state index is -2.59. The Morgan fingerprint density at radius 3 is 2.93 bits per heavy atom. The molecule has 0 fully saturated rings. The number of benzene rings is 1. The summed E-state index contributed by atoms with van der Waals surface area (Å²) < 4.78 is 20.8. The van der Waals surface area contributed by atoms with Crippen molar-refractivity contribution in [2.75, 3.05) is 12.3 Å². The van der Waals surface area contributed by atoms with E-state index in [1.54, 1.807) is 0 Å². The Labute approximate surface area is 83.5 Å². The minimum absolute atomic E-state index is 0.250. The van der Waals surface area contributed by atoms with Gasteiger partial charge in [0.2, 0.25) is 0 Å². The topological polar surface area (TPSA) is 92.5 Å². The van der Waals surface area contributed by atoms with Crippen molar-refractivity contribution in [1.82, 2.24) is 0 Å². The molecule has 0 bridgehead atoms. The van der Waals surface area contributed by atoms with Crippen LogP contribution in [0.15, 0.2) is 18.2 Å². The first-order valence-electron chi connectivity index (χ1n) is 5.00. The fraction of sp³-hybridized carbons (Fsp3) is 0.125. The van der Waals surface area contributed by atoms with Crippen LogP contribution in [0.2, 0.25) is 0 Å². The van der Waals surface area contributed by atoms with E-state index in [-0.39, 0.29) is 11.3 Å². The van der Waals surface area contributed by atoms with Gasteiger partial charge in [-0.05, 0) is 12.1 Å². The number of carboxylic acids is 1. The second kappa shape index (κ2) is 3.73. The third kappa shape index (κ3) is 1.79. The zero-order valence-corrected chi connectivity index (χ0v) is 6.85. The van der Waals surface area contributed by atoms with Crippen molar-refractivity contribution in [1.29, 1.82) is 0 Å². The Balaban J connectivity index is 3.23. The van der Waals surface area contributed by atoms with Crippen LogP contribution in [0.1, 0.15) is 14.5 Å². The first kappa shape index (κ1) is 6.36. The number of carbonyl (C=O) groups is 1. The molecular weight excluding hydrogens is 188 g/mol. The molecular formula is C8H8N2O4. The van der Waals surface area contributed by atoms with Gasteiger partial charge in [0.25, 0.3) is 5.69 Å². The maximum absolute atomic E-state index is 10.7. The van der Waals surface area contributed by atoms with E-state index < -0.39 is 23.6 Å². The quantitative estimate of drug-likeness (QED) is 0.566. The molecule has 74 valence electrons. The molecule has 0 atom stereocenters. The van der Waals surface area contributed by atoms with Crippen LogP contribution < -0.4 is 5.32 Å². The highest BCUT2D eigenvalue weighted by Gasteiger charge is 2.15. The minimum Gasteiger partial charge on any atom is -0.478 e. The van der Waals surface area contributed by atoms with Gasteiger partial charge in [-0.3, -0.25) is 10.1 Å². The van der Waals surface area contributed by atoms with E-state index in [9.17, 15) is 14.9 Å². The van der Waals surface area contributed by atoms with E-state index in [0.29, 0.717) is 0 Å². The lowest BCUT2D eigenvalue weighted by atomic mass is 10.2. The number of anilines is 1. The van der Waals surface area contributed by atoms with Crippen LogP contribution in [0.5, 0.6) is 0 Å². The summed E-state index contributed by atoms with van der Waals surface area (Å²) in [6.07, 6.45) is 0. The Morgan fingerprint density at radius 1 is 1.71 bits per heavy atom. The Hall–Kier alpha value is -2.11. The lowest BCUT2D eigenvalue weighted by Gasteiger charge is -2.02. The van der Waals surface area contributed by atoms with Crippen molar-refractivity contribution < 1.29 is 18.9 Å². The summed E-state index contributed by atoms with van der Waals surface area (Å²) in [6.45, 7) is -2.59. The van der Waals surface area contributed by atoms with E-state index >= 15 is 0 Å². The highest BCUT2D eigenvalue weighted by atomic mass is 16.6. The average molecular weight is 199 g/mol. The van der Waals surface area contributed by atoms with Crippen molar-refractivity contribution in [2.45, 2.75) is 0 Å². The van der Waals surface area contributed by atoms with Gasteiger partial charge in [-0.1, -0.05) is 0 Å². The van der Waals surface area contributed by atoms with Gasteiger partial charge in [-0.25, -0.2) is 4.79 Å². The Morgan fingerprint density at radius 2 is 2.43 bits per heavy atom. The van der Waals surface area contributed by atoms with Gasteiger partial charge in [0.15, 0.2) is 0 Å². The summed E-state index contributed by atoms with van der Waals surface area (Å²) in [7, 11) is 0. The summed E-state index contributed by atoms with van der Waals surface area (Å²) in [4.78, 5) is 20.4. The van der Waals surface area contributed by atoms with Gasteiger partial charge < -0.3 is 10.4 Å². The van der Waals surface area contributed by atoms with E-state index in [0.717, 1.165) is 18.2 Å². The third-order valence-corrected chi connectivity index (χ3v) is 1.58. The number of nitrogens with zero attached hydrogens (tertiary/aromatic N) is 1. The van der Waals surface area contributed by atoms with Crippen LogP contribution in [-0.2, 0) is 0 Å². The smallest absolute Gasteiger partial charge is 0.335 e. The molecule has 1 aromatic rings. The zero-order valence-electron chi connectivity index (χ0n) is 9.85. The van der Waals surface area contributed by atoms with Crippen LogP contribution >= 0.6 is 0 Å². The van der Waals surface area contributed by atoms with E-state index in [2.05, 4.69) is 0 Å². The van der Waals surface area contributed by atoms with Gasteiger partial charge >= 0.3 is 5.97 Å². The number of nitro benzene ring substituents is 1. The van der Waals surface area contributed by atoms with Crippen molar-refractivity contribution in [2.24, 2.45) is 0 Å². The van der Waals surface area contributed by atoms with Crippen molar-refractivity contribution >= 4 is 17.3 Å². The first-order valence-corrected chi connectivity index (χ1v) is 3.50. The SMILES string of the molecule is [2H]C([2H])([2H])Nc1ccc(C(=O)O)cc1[N+](=O)[O-]. The van der Waals surface area contributed by atoms with Crippen molar-refractivity contribution in [3.63, 3.8) is 0 Å². The van der Waals surface area contributed by atoms with E-state index in [4.69, 9.17) is 9.22 Å². The first-order chi connectivity index (χ1) is 7.70. The largest absolute Gasteiger partial charge is 0.478 e. The van der Waals surface area contributed by atoms with Gasteiger partial charge in [-0.2, -0.15) is 0 Å². The van der Waals surface area contributed by atoms with Crippen LogP contribution in [-0.4, -0.2) is 23.0 Å². The molecule has 0 aliphatic heterocycles. The number of rotatable bonds is 3. The van der Waals surface area contributed by atoms with Gasteiger partial charge in [0, 0.05) is 17.2 Å². The summed E-state index contributed by atoms with van der Waals surface area (Å²) in [5.74, 6) is -1.33. The molecule has 0 aromatic heterocycles. The average Bonchev–Trinajstić information content (AvgIpc) is 2.14. The number of nitrogens with one attached hydrogen (secondary N) is 1. The number of hydrogen-bond acceptors (Lipinski definition) is 4. The van der Waals surface area contributed by atoms with E-state index in [1.165, 1.54) is 0 Å². The van der Waals surface area contributed by atoms with Crippen molar-refractivity contribution in [3.05, 3.63) is 33.9 Å². The number of nitro groups is 1. The monoisotopic (exact) mass is 199 g/mol.